The number of nitrogens with zero attached hydrogens (tertiary/aromatic N) is 2. The number of amides is 1. The average Bonchev–Trinajstić information content (AvgIpc) is 2.82. The van der Waals surface area contributed by atoms with Gasteiger partial charge in [-0.3, -0.25) is 8.98 Å². The molecule has 0 spiro atoms. The average molecular weight is 811 g/mol. The smallest absolute Gasteiger partial charge is 0.871 e. The molecule has 0 unspecified atom stereocenters. The quantitative estimate of drug-likeness (QED) is 0.0860. The van der Waals surface area contributed by atoms with Crippen LogP contribution < -0.4 is 104 Å². The van der Waals surface area contributed by atoms with E-state index in [9.17, 15) is 62.3 Å². The second-order valence-corrected chi connectivity index (χ2v) is 14.4. The summed E-state index contributed by atoms with van der Waals surface area (Å²) in [6.45, 7) is 1.10. The van der Waals surface area contributed by atoms with Crippen LogP contribution >= 0.6 is 0 Å². The fourth-order valence-electron chi connectivity index (χ4n) is 3.69. The van der Waals surface area contributed by atoms with Gasteiger partial charge in [0, 0.05) is 12.6 Å². The Kier molecular flexibility index (Phi) is 19.0. The van der Waals surface area contributed by atoms with Crippen molar-refractivity contribution < 1.29 is 172 Å². The van der Waals surface area contributed by atoms with Crippen molar-refractivity contribution in [1.29, 1.82) is 0 Å². The van der Waals surface area contributed by atoms with E-state index in [0.29, 0.717) is 24.3 Å². The van der Waals surface area contributed by atoms with Gasteiger partial charge in [0.15, 0.2) is 9.84 Å². The Morgan fingerprint density at radius 2 is 1.40 bits per heavy atom. The van der Waals surface area contributed by atoms with Gasteiger partial charge in [0.25, 0.3) is 0 Å². The summed E-state index contributed by atoms with van der Waals surface area (Å²) in [4.78, 5) is 8.75. The summed E-state index contributed by atoms with van der Waals surface area (Å²) in [6.07, 6.45) is 0. The number of sulfone groups is 1. The summed E-state index contributed by atoms with van der Waals surface area (Å²) in [5, 5.41) is 33.8. The second kappa shape index (κ2) is 18.3. The maximum atomic E-state index is 13.3. The molecule has 0 saturated carbocycles. The minimum Gasteiger partial charge on any atom is -0.871 e. The maximum absolute atomic E-state index is 13.3. The summed E-state index contributed by atoms with van der Waals surface area (Å²) in [5.74, 6) is -4.38. The van der Waals surface area contributed by atoms with Gasteiger partial charge in [-0.2, -0.15) is 5.11 Å². The summed E-state index contributed by atoms with van der Waals surface area (Å²) in [6, 6.07) is 3.13. The summed E-state index contributed by atoms with van der Waals surface area (Å²) >= 11 is 0. The molecule has 18 nitrogen and oxygen atoms in total. The molecule has 243 valence electrons. The number of fused-ring (bicyclic) bond motifs is 1. The van der Waals surface area contributed by atoms with Crippen molar-refractivity contribution in [2.45, 2.75) is 28.5 Å². The van der Waals surface area contributed by atoms with Crippen molar-refractivity contribution in [3.05, 3.63) is 35.9 Å². The van der Waals surface area contributed by atoms with Crippen LogP contribution in [-0.2, 0) is 66.5 Å². The Bertz CT molecular complexity index is 2150. The third-order valence-electron chi connectivity index (χ3n) is 5.40. The van der Waals surface area contributed by atoms with Crippen molar-refractivity contribution in [3.63, 3.8) is 0 Å². The Morgan fingerprint density at radius 1 is 0.830 bits per heavy atom. The predicted molar refractivity (Wildman–Crippen MR) is 136 cm³/mol. The van der Waals surface area contributed by atoms with Crippen LogP contribution in [0.1, 0.15) is 12.5 Å². The first-order valence-corrected chi connectivity index (χ1v) is 16.9. The molecule has 1 radical (unpaired) electrons. The largest absolute Gasteiger partial charge is 2.00 e. The molecule has 0 atom stereocenters. The summed E-state index contributed by atoms with van der Waals surface area (Å²) in [7, 11) is -20.3. The van der Waals surface area contributed by atoms with E-state index in [1.807, 2.05) is 0 Å². The van der Waals surface area contributed by atoms with Gasteiger partial charge in [0.2, 0.25) is 16.3 Å². The van der Waals surface area contributed by atoms with E-state index in [1.54, 1.807) is 0 Å². The number of rotatable bonds is 10. The number of carbonyl (C=O) groups excluding carboxylic acids is 1. The SMILES string of the molecule is CC(=O)Nc1cc(S(=O)(=O)[O-])cc2cc(S(=O)(=O)[O-])c(N=Nc3cc(C)c(S(=O)(=O)CCOS(=O)(=O)[O-])cc3[O-])c([O-])c12.[Cu+2].[Na+].[Na+].[Na+]. The van der Waals surface area contributed by atoms with E-state index in [4.69, 9.17) is 0 Å². The van der Waals surface area contributed by atoms with Crippen molar-refractivity contribution in [1.82, 2.24) is 0 Å². The molecule has 3 aromatic carbocycles. The fourth-order valence-corrected chi connectivity index (χ4v) is 6.62. The number of anilines is 1. The molecular weight excluding hydrogens is 795 g/mol. The van der Waals surface area contributed by atoms with Crippen LogP contribution in [0, 0.1) is 6.92 Å². The first-order chi connectivity index (χ1) is 19.5. The van der Waals surface area contributed by atoms with E-state index in [1.165, 1.54) is 6.92 Å². The van der Waals surface area contributed by atoms with Gasteiger partial charge in [0.05, 0.1) is 38.4 Å². The monoisotopic (exact) mass is 810 g/mol. The normalized spacial score (nSPS) is 11.9. The number of nitrogens with one attached hydrogen (secondary N) is 1. The van der Waals surface area contributed by atoms with E-state index in [-0.39, 0.29) is 111 Å². The predicted octanol–water partition coefficient (Wildman–Crippen LogP) is -9.26. The topological polar surface area (TPSA) is 315 Å². The summed E-state index contributed by atoms with van der Waals surface area (Å²) < 4.78 is 131. The molecule has 0 fully saturated rings. The Hall–Kier alpha value is -0.251. The van der Waals surface area contributed by atoms with Crippen LogP contribution in [0.3, 0.4) is 0 Å². The van der Waals surface area contributed by atoms with E-state index in [2.05, 4.69) is 19.7 Å². The number of hydrogen-bond acceptors (Lipinski definition) is 17. The molecule has 3 rings (SSSR count). The fraction of sp³-hybridized carbons (Fsp3) is 0.190. The molecule has 3 aromatic rings. The summed E-state index contributed by atoms with van der Waals surface area (Å²) in [5.41, 5.74) is -2.54. The number of carbonyl (C=O) groups is 1. The van der Waals surface area contributed by atoms with Gasteiger partial charge in [-0.25, -0.2) is 33.7 Å². The van der Waals surface area contributed by atoms with Crippen LogP contribution in [-0.4, -0.2) is 65.6 Å². The minimum absolute atomic E-state index is 0. The molecule has 1 N–H and O–H groups in total. The Balaban J connectivity index is 0. The first kappa shape index (κ1) is 48.9. The van der Waals surface area contributed by atoms with Crippen molar-refractivity contribution in [3.8, 4) is 11.5 Å². The molecular formula is C21H16CuN3Na3O15S4. The number of hydrogen-bond donors (Lipinski definition) is 1. The molecule has 26 heteroatoms. The third-order valence-corrected chi connectivity index (χ3v) is 9.33. The van der Waals surface area contributed by atoms with Crippen LogP contribution in [0.4, 0.5) is 17.1 Å². The first-order valence-electron chi connectivity index (χ1n) is 11.1. The number of azo groups is 1. The van der Waals surface area contributed by atoms with Crippen LogP contribution in [0.5, 0.6) is 11.5 Å². The van der Waals surface area contributed by atoms with Gasteiger partial charge in [-0.15, -0.1) is 5.11 Å². The zero-order valence-electron chi connectivity index (χ0n) is 24.8. The Morgan fingerprint density at radius 3 is 1.89 bits per heavy atom. The van der Waals surface area contributed by atoms with Crippen molar-refractivity contribution in [2.75, 3.05) is 17.7 Å². The zero-order valence-corrected chi connectivity index (χ0v) is 35.0. The van der Waals surface area contributed by atoms with Crippen molar-refractivity contribution in [2.24, 2.45) is 10.2 Å². The molecule has 0 saturated heterocycles. The van der Waals surface area contributed by atoms with Gasteiger partial charge in [-0.05, 0) is 53.6 Å². The van der Waals surface area contributed by atoms with E-state index < -0.39 is 113 Å². The van der Waals surface area contributed by atoms with E-state index in [0.717, 1.165) is 13.0 Å². The Labute approximate surface area is 345 Å². The maximum Gasteiger partial charge on any atom is 2.00 e. The van der Waals surface area contributed by atoms with Gasteiger partial charge in [0.1, 0.15) is 20.2 Å². The second-order valence-electron chi connectivity index (χ2n) is 8.55. The molecule has 0 aliphatic carbocycles. The minimum atomic E-state index is -5.55. The number of aryl methyl sites for hydroxylation is 1. The molecule has 0 aromatic heterocycles. The standard InChI is InChI=1S/C21H21N3O15S4.Cu.3Na/c1-10-5-14(16(26)9-17(10)40(28,29)4-3-39-43(36,37)38)23-24-20-18(42(33,34)35)7-12-6-13(41(30,31)32)8-15(22-11(2)25)19(12)21(20)27;;;;/h5-9,26-27H,3-4H2,1-2H3,(H,22,25)(H,30,31,32)(H,33,34,35)(H,36,37,38);;;;/q;+2;3*+1/p-5. The molecule has 47 heavy (non-hydrogen) atoms. The molecule has 0 heterocycles. The molecule has 0 aliphatic rings. The van der Waals surface area contributed by atoms with E-state index >= 15 is 0 Å². The zero-order chi connectivity index (χ0) is 32.7. The van der Waals surface area contributed by atoms with Crippen LogP contribution in [0.2, 0.25) is 0 Å². The molecule has 0 bridgehead atoms. The van der Waals surface area contributed by atoms with Gasteiger partial charge >= 0.3 is 106 Å². The van der Waals surface area contributed by atoms with Gasteiger partial charge in [-0.1, -0.05) is 11.5 Å². The molecule has 1 amide bonds. The van der Waals surface area contributed by atoms with Crippen LogP contribution in [0.25, 0.3) is 10.8 Å². The van der Waals surface area contributed by atoms with Crippen molar-refractivity contribution >= 4 is 74.2 Å². The third kappa shape index (κ3) is 12.8. The van der Waals surface area contributed by atoms with Gasteiger partial charge < -0.3 is 29.2 Å². The number of benzene rings is 3. The van der Waals surface area contributed by atoms with Crippen LogP contribution in [0.15, 0.2) is 55.2 Å². The molecule has 0 aliphatic heterocycles.